The van der Waals surface area contributed by atoms with E-state index >= 15 is 0 Å². The topological polar surface area (TPSA) is 76.7 Å². The van der Waals surface area contributed by atoms with E-state index in [4.69, 9.17) is 21.1 Å². The second-order valence-corrected chi connectivity index (χ2v) is 6.45. The van der Waals surface area contributed by atoms with Gasteiger partial charge in [-0.05, 0) is 49.7 Å². The molecule has 2 aromatic carbocycles. The zero-order valence-electron chi connectivity index (χ0n) is 14.5. The molecule has 7 heteroatoms. The summed E-state index contributed by atoms with van der Waals surface area (Å²) in [7, 11) is 0. The molecule has 2 N–H and O–H groups in total. The van der Waals surface area contributed by atoms with Crippen LogP contribution in [0.1, 0.15) is 29.8 Å². The van der Waals surface area contributed by atoms with E-state index in [0.717, 1.165) is 5.56 Å². The van der Waals surface area contributed by atoms with E-state index in [-0.39, 0.29) is 12.5 Å². The van der Waals surface area contributed by atoms with E-state index in [9.17, 15) is 9.59 Å². The van der Waals surface area contributed by atoms with Crippen LogP contribution in [0.25, 0.3) is 0 Å². The summed E-state index contributed by atoms with van der Waals surface area (Å²) >= 11 is 5.96. The molecule has 1 heterocycles. The fraction of sp³-hybridized carbons (Fsp3) is 0.263. The Morgan fingerprint density at radius 1 is 1.15 bits per heavy atom. The lowest BCUT2D eigenvalue weighted by atomic mass is 9.96. The van der Waals surface area contributed by atoms with Gasteiger partial charge < -0.3 is 20.1 Å². The molecule has 0 saturated carbocycles. The summed E-state index contributed by atoms with van der Waals surface area (Å²) in [4.78, 5) is 23.8. The van der Waals surface area contributed by atoms with Gasteiger partial charge in [-0.15, -0.1) is 0 Å². The van der Waals surface area contributed by atoms with Crippen LogP contribution >= 0.6 is 11.6 Å². The number of hydrogen-bond donors (Lipinski definition) is 2. The van der Waals surface area contributed by atoms with Gasteiger partial charge in [-0.3, -0.25) is 4.79 Å². The molecule has 6 nitrogen and oxygen atoms in total. The number of benzene rings is 2. The first-order valence-electron chi connectivity index (χ1n) is 8.20. The molecule has 0 aromatic heterocycles. The van der Waals surface area contributed by atoms with Crippen LogP contribution in [0.4, 0.5) is 5.69 Å². The van der Waals surface area contributed by atoms with Crippen molar-refractivity contribution in [2.75, 3.05) is 18.5 Å². The third kappa shape index (κ3) is 3.75. The van der Waals surface area contributed by atoms with Crippen LogP contribution in [0, 0.1) is 0 Å². The van der Waals surface area contributed by atoms with Gasteiger partial charge in [0.1, 0.15) is 11.4 Å². The van der Waals surface area contributed by atoms with Gasteiger partial charge in [0.15, 0.2) is 6.61 Å². The van der Waals surface area contributed by atoms with Crippen molar-refractivity contribution in [3.8, 4) is 5.75 Å². The maximum absolute atomic E-state index is 12.4. The molecular weight excluding hydrogens is 356 g/mol. The number of ether oxygens (including phenoxy) is 2. The lowest BCUT2D eigenvalue weighted by Crippen LogP contribution is -2.52. The molecular formula is C19H19ClN2O4. The maximum Gasteiger partial charge on any atom is 0.344 e. The van der Waals surface area contributed by atoms with Gasteiger partial charge in [-0.1, -0.05) is 23.7 Å². The van der Waals surface area contributed by atoms with Crippen molar-refractivity contribution in [1.29, 1.82) is 0 Å². The number of carbonyl (C=O) groups excluding carboxylic acids is 2. The highest BCUT2D eigenvalue weighted by molar-refractivity contribution is 6.31. The number of anilines is 1. The van der Waals surface area contributed by atoms with Gasteiger partial charge in [-0.2, -0.15) is 0 Å². The van der Waals surface area contributed by atoms with Crippen molar-refractivity contribution in [3.63, 3.8) is 0 Å². The Kier molecular flexibility index (Phi) is 5.04. The number of nitrogens with one attached hydrogen (secondary N) is 2. The first-order valence-corrected chi connectivity index (χ1v) is 8.58. The molecule has 1 unspecified atom stereocenters. The van der Waals surface area contributed by atoms with Gasteiger partial charge in [-0.25, -0.2) is 4.79 Å². The summed E-state index contributed by atoms with van der Waals surface area (Å²) < 4.78 is 10.2. The average molecular weight is 375 g/mol. The normalized spacial score (nSPS) is 18.3. The second-order valence-electron chi connectivity index (χ2n) is 6.01. The van der Waals surface area contributed by atoms with E-state index in [1.165, 1.54) is 0 Å². The fourth-order valence-electron chi connectivity index (χ4n) is 2.78. The molecule has 0 radical (unpaired) electrons. The predicted octanol–water partition coefficient (Wildman–Crippen LogP) is 3.31. The molecule has 0 spiro atoms. The number of carbonyl (C=O) groups is 2. The van der Waals surface area contributed by atoms with Crippen LogP contribution in [-0.2, 0) is 15.2 Å². The van der Waals surface area contributed by atoms with Gasteiger partial charge in [0.05, 0.1) is 12.2 Å². The molecule has 1 atom stereocenters. The number of amides is 1. The van der Waals surface area contributed by atoms with E-state index < -0.39 is 11.6 Å². The van der Waals surface area contributed by atoms with Gasteiger partial charge >= 0.3 is 5.97 Å². The summed E-state index contributed by atoms with van der Waals surface area (Å²) in [6.45, 7) is 3.78. The van der Waals surface area contributed by atoms with E-state index in [1.807, 2.05) is 19.1 Å². The number of halogens is 1. The standard InChI is InChI=1S/C19H19ClN2O4/c1-3-25-17(23)11-26-14-7-4-12(5-8-14)19(2)21-16-9-6-13(20)10-15(16)18(24)22-19/h4-10,21H,3,11H2,1-2H3,(H,22,24). The highest BCUT2D eigenvalue weighted by atomic mass is 35.5. The summed E-state index contributed by atoms with van der Waals surface area (Å²) in [6.07, 6.45) is 0. The van der Waals surface area contributed by atoms with Gasteiger partial charge in [0.2, 0.25) is 0 Å². The Morgan fingerprint density at radius 2 is 1.88 bits per heavy atom. The summed E-state index contributed by atoms with van der Waals surface area (Å²) in [5.74, 6) is -0.0777. The summed E-state index contributed by atoms with van der Waals surface area (Å²) in [5.41, 5.74) is 1.28. The van der Waals surface area contributed by atoms with Gasteiger partial charge in [0.25, 0.3) is 5.91 Å². The summed E-state index contributed by atoms with van der Waals surface area (Å²) in [5, 5.41) is 6.79. The largest absolute Gasteiger partial charge is 0.482 e. The van der Waals surface area contributed by atoms with Crippen LogP contribution in [-0.4, -0.2) is 25.1 Å². The Balaban J connectivity index is 1.75. The number of hydrogen-bond acceptors (Lipinski definition) is 5. The zero-order chi connectivity index (χ0) is 18.7. The smallest absolute Gasteiger partial charge is 0.344 e. The van der Waals surface area contributed by atoms with Crippen molar-refractivity contribution in [2.24, 2.45) is 0 Å². The molecule has 26 heavy (non-hydrogen) atoms. The van der Waals surface area contributed by atoms with Crippen molar-refractivity contribution in [1.82, 2.24) is 5.32 Å². The highest BCUT2D eigenvalue weighted by Crippen LogP contribution is 2.33. The molecule has 1 amide bonds. The number of fused-ring (bicyclic) bond motifs is 1. The first kappa shape index (κ1) is 18.1. The third-order valence-electron chi connectivity index (χ3n) is 4.07. The minimum atomic E-state index is -0.780. The lowest BCUT2D eigenvalue weighted by molar-refractivity contribution is -0.145. The van der Waals surface area contributed by atoms with Crippen molar-refractivity contribution >= 4 is 29.2 Å². The van der Waals surface area contributed by atoms with Crippen molar-refractivity contribution < 1.29 is 19.1 Å². The third-order valence-corrected chi connectivity index (χ3v) is 4.30. The highest BCUT2D eigenvalue weighted by Gasteiger charge is 2.34. The molecule has 3 rings (SSSR count). The van der Waals surface area contributed by atoms with Gasteiger partial charge in [0, 0.05) is 10.7 Å². The average Bonchev–Trinajstić information content (AvgIpc) is 2.61. The molecule has 2 aromatic rings. The molecule has 1 aliphatic rings. The molecule has 0 bridgehead atoms. The lowest BCUT2D eigenvalue weighted by Gasteiger charge is -2.38. The first-order chi connectivity index (χ1) is 12.4. The SMILES string of the molecule is CCOC(=O)COc1ccc(C2(C)NC(=O)c3cc(Cl)ccc3N2)cc1. The Bertz CT molecular complexity index is 838. The van der Waals surface area contributed by atoms with E-state index in [0.29, 0.717) is 28.6 Å². The van der Waals surface area contributed by atoms with Crippen LogP contribution < -0.4 is 15.4 Å². The number of esters is 1. The van der Waals surface area contributed by atoms with Crippen molar-refractivity contribution in [3.05, 3.63) is 58.6 Å². The zero-order valence-corrected chi connectivity index (χ0v) is 15.2. The molecule has 1 aliphatic heterocycles. The molecule has 136 valence electrons. The second kappa shape index (κ2) is 7.25. The Hall–Kier alpha value is -2.73. The Morgan fingerprint density at radius 3 is 2.58 bits per heavy atom. The molecule has 0 fully saturated rings. The molecule has 0 saturated heterocycles. The van der Waals surface area contributed by atoms with Crippen LogP contribution in [0.3, 0.4) is 0 Å². The minimum absolute atomic E-state index is 0.145. The number of rotatable bonds is 5. The van der Waals surface area contributed by atoms with E-state index in [2.05, 4.69) is 10.6 Å². The fourth-order valence-corrected chi connectivity index (χ4v) is 2.95. The monoisotopic (exact) mass is 374 g/mol. The molecule has 0 aliphatic carbocycles. The van der Waals surface area contributed by atoms with Crippen LogP contribution in [0.2, 0.25) is 5.02 Å². The summed E-state index contributed by atoms with van der Waals surface area (Å²) in [6, 6.07) is 12.3. The van der Waals surface area contributed by atoms with E-state index in [1.54, 1.807) is 37.3 Å². The van der Waals surface area contributed by atoms with Crippen LogP contribution in [0.15, 0.2) is 42.5 Å². The van der Waals surface area contributed by atoms with Crippen molar-refractivity contribution in [2.45, 2.75) is 19.5 Å². The maximum atomic E-state index is 12.4. The van der Waals surface area contributed by atoms with Crippen LogP contribution in [0.5, 0.6) is 5.75 Å². The quantitative estimate of drug-likeness (QED) is 0.785. The predicted molar refractivity (Wildman–Crippen MR) is 98.5 cm³/mol. The Labute approximate surface area is 156 Å². The minimum Gasteiger partial charge on any atom is -0.482 e.